The molecule has 1 heterocycles. The molecule has 1 nitrogen and oxygen atoms in total. The Hall–Kier alpha value is -0.0400. The molecule has 0 saturated carbocycles. The number of quaternary nitrogens is 1. The number of likely N-dealkylation sites (tertiary alicyclic amines) is 1. The molecular weight excluding hydrogens is 110 g/mol. The summed E-state index contributed by atoms with van der Waals surface area (Å²) in [5.74, 6) is 1.81. The van der Waals surface area contributed by atoms with E-state index in [9.17, 15) is 0 Å². The third-order valence-corrected chi connectivity index (χ3v) is 2.36. The van der Waals surface area contributed by atoms with Crippen LogP contribution in [-0.4, -0.2) is 13.1 Å². The minimum absolute atomic E-state index is 0.865. The molecule has 0 aromatic carbocycles. The molecule has 1 saturated heterocycles. The van der Waals surface area contributed by atoms with Gasteiger partial charge in [-0.25, -0.2) is 0 Å². The van der Waals surface area contributed by atoms with Crippen LogP contribution < -0.4 is 4.90 Å². The molecule has 9 heavy (non-hydrogen) atoms. The van der Waals surface area contributed by atoms with Gasteiger partial charge < -0.3 is 4.90 Å². The van der Waals surface area contributed by atoms with Gasteiger partial charge in [-0.2, -0.15) is 7.05 Å². The highest BCUT2D eigenvalue weighted by molar-refractivity contribution is 4.65. The summed E-state index contributed by atoms with van der Waals surface area (Å²) in [6, 6.07) is 0. The summed E-state index contributed by atoms with van der Waals surface area (Å²) in [4.78, 5) is 1.47. The first-order valence-electron chi connectivity index (χ1n) is 3.87. The van der Waals surface area contributed by atoms with Crippen LogP contribution in [0.1, 0.15) is 20.3 Å². The van der Waals surface area contributed by atoms with Crippen molar-refractivity contribution in [2.45, 2.75) is 20.3 Å². The fourth-order valence-corrected chi connectivity index (χ4v) is 1.53. The first-order valence-corrected chi connectivity index (χ1v) is 3.87. The summed E-state index contributed by atoms with van der Waals surface area (Å²) in [5.41, 5.74) is 0. The Balaban J connectivity index is 2.30. The van der Waals surface area contributed by atoms with Gasteiger partial charge >= 0.3 is 0 Å². The molecule has 1 N–H and O–H groups in total. The Morgan fingerprint density at radius 1 is 1.56 bits per heavy atom. The van der Waals surface area contributed by atoms with E-state index >= 15 is 0 Å². The fourth-order valence-electron chi connectivity index (χ4n) is 1.53. The maximum atomic E-state index is 3.99. The van der Waals surface area contributed by atoms with Crippen LogP contribution in [0.2, 0.25) is 0 Å². The van der Waals surface area contributed by atoms with Crippen molar-refractivity contribution in [1.29, 1.82) is 0 Å². The fraction of sp³-hybridized carbons (Fsp3) is 0.875. The van der Waals surface area contributed by atoms with Crippen LogP contribution in [0.25, 0.3) is 0 Å². The lowest BCUT2D eigenvalue weighted by atomic mass is 9.95. The minimum Gasteiger partial charge on any atom is -0.468 e. The van der Waals surface area contributed by atoms with Crippen molar-refractivity contribution in [2.75, 3.05) is 13.1 Å². The van der Waals surface area contributed by atoms with Crippen LogP contribution in [0.3, 0.4) is 0 Å². The van der Waals surface area contributed by atoms with Gasteiger partial charge in [-0.3, -0.25) is 0 Å². The van der Waals surface area contributed by atoms with Crippen molar-refractivity contribution in [1.82, 2.24) is 0 Å². The highest BCUT2D eigenvalue weighted by atomic mass is 15.1. The van der Waals surface area contributed by atoms with Gasteiger partial charge in [0.25, 0.3) is 0 Å². The van der Waals surface area contributed by atoms with E-state index in [2.05, 4.69) is 20.9 Å². The maximum absolute atomic E-state index is 3.99. The van der Waals surface area contributed by atoms with E-state index in [1.165, 1.54) is 24.4 Å². The van der Waals surface area contributed by atoms with Crippen molar-refractivity contribution in [3.8, 4) is 0 Å². The van der Waals surface area contributed by atoms with Crippen LogP contribution in [-0.2, 0) is 0 Å². The molecular formula is C8H17N. The molecule has 0 spiro atoms. The smallest absolute Gasteiger partial charge is 0.0563 e. The van der Waals surface area contributed by atoms with Crippen molar-refractivity contribution in [3.63, 3.8) is 0 Å². The average Bonchev–Trinajstić information content (AvgIpc) is 2.14. The lowest BCUT2D eigenvalue weighted by Gasteiger charge is -2.14. The van der Waals surface area contributed by atoms with E-state index in [-0.39, 0.29) is 0 Å². The Labute approximate surface area is 58.0 Å². The zero-order valence-electron chi connectivity index (χ0n) is 6.48. The molecule has 1 aliphatic rings. The van der Waals surface area contributed by atoms with E-state index in [0.29, 0.717) is 0 Å². The third kappa shape index (κ3) is 1.68. The summed E-state index contributed by atoms with van der Waals surface area (Å²) >= 11 is 0. The van der Waals surface area contributed by atoms with Crippen LogP contribution >= 0.6 is 0 Å². The molecule has 1 aliphatic heterocycles. The molecule has 1 unspecified atom stereocenters. The molecule has 1 rings (SSSR count). The zero-order chi connectivity index (χ0) is 6.85. The van der Waals surface area contributed by atoms with E-state index < -0.39 is 0 Å². The molecule has 1 heteroatoms. The van der Waals surface area contributed by atoms with Crippen LogP contribution in [0.15, 0.2) is 0 Å². The van der Waals surface area contributed by atoms with Crippen LogP contribution in [0.4, 0.5) is 0 Å². The number of hydrogen-bond donors (Lipinski definition) is 1. The molecule has 0 aromatic rings. The summed E-state index contributed by atoms with van der Waals surface area (Å²) in [6.45, 7) is 7.19. The second-order valence-corrected chi connectivity index (χ2v) is 3.50. The number of nitrogens with one attached hydrogen (secondary N) is 1. The van der Waals surface area contributed by atoms with Gasteiger partial charge in [0.2, 0.25) is 0 Å². The molecule has 0 aliphatic carbocycles. The largest absolute Gasteiger partial charge is 0.468 e. The Kier molecular flexibility index (Phi) is 2.12. The third-order valence-electron chi connectivity index (χ3n) is 2.36. The lowest BCUT2D eigenvalue weighted by molar-refractivity contribution is -0.841. The molecule has 1 fully saturated rings. The van der Waals surface area contributed by atoms with Gasteiger partial charge in [-0.1, -0.05) is 13.8 Å². The van der Waals surface area contributed by atoms with E-state index in [1.54, 1.807) is 0 Å². The summed E-state index contributed by atoms with van der Waals surface area (Å²) in [5, 5.41) is 0. The van der Waals surface area contributed by atoms with E-state index in [1.807, 2.05) is 0 Å². The van der Waals surface area contributed by atoms with E-state index in [0.717, 1.165) is 11.8 Å². The van der Waals surface area contributed by atoms with Gasteiger partial charge in [-0.05, 0) is 5.92 Å². The molecule has 0 amide bonds. The maximum Gasteiger partial charge on any atom is 0.0563 e. The number of rotatable bonds is 1. The molecule has 0 radical (unpaired) electrons. The predicted octanol–water partition coefficient (Wildman–Crippen LogP) is 0.339. The van der Waals surface area contributed by atoms with E-state index in [4.69, 9.17) is 0 Å². The minimum atomic E-state index is 0.865. The lowest BCUT2D eigenvalue weighted by Crippen LogP contribution is -3.04. The van der Waals surface area contributed by atoms with Crippen molar-refractivity contribution >= 4 is 0 Å². The molecule has 2 atom stereocenters. The standard InChI is InChI=1S/C8H17N/c1-7(2)8-4-5-9(3)6-8/h7-9H,3-6H2,1-2H3/t8-/m0/s1. The molecule has 54 valence electrons. The van der Waals surface area contributed by atoms with Gasteiger partial charge in [0.05, 0.1) is 13.1 Å². The topological polar surface area (TPSA) is 4.44 Å². The second kappa shape index (κ2) is 2.70. The van der Waals surface area contributed by atoms with Crippen molar-refractivity contribution in [2.24, 2.45) is 11.8 Å². The summed E-state index contributed by atoms with van der Waals surface area (Å²) in [7, 11) is 3.99. The average molecular weight is 127 g/mol. The second-order valence-electron chi connectivity index (χ2n) is 3.50. The SMILES string of the molecule is [CH2-][NH+]1CC[C@H](C(C)C)C1. The quantitative estimate of drug-likeness (QED) is 0.484. The Bertz CT molecular complexity index is 88.6. The first kappa shape index (κ1) is 7.07. The monoisotopic (exact) mass is 127 g/mol. The van der Waals surface area contributed by atoms with Gasteiger partial charge in [-0.15, -0.1) is 0 Å². The van der Waals surface area contributed by atoms with Crippen molar-refractivity contribution < 1.29 is 4.90 Å². The summed E-state index contributed by atoms with van der Waals surface area (Å²) < 4.78 is 0. The Morgan fingerprint density at radius 3 is 2.44 bits per heavy atom. The normalized spacial score (nSPS) is 36.0. The first-order chi connectivity index (χ1) is 4.20. The highest BCUT2D eigenvalue weighted by Crippen LogP contribution is 2.14. The van der Waals surface area contributed by atoms with Gasteiger partial charge in [0.15, 0.2) is 0 Å². The van der Waals surface area contributed by atoms with Gasteiger partial charge in [0.1, 0.15) is 0 Å². The Morgan fingerprint density at radius 2 is 2.22 bits per heavy atom. The summed E-state index contributed by atoms with van der Waals surface area (Å²) in [6.07, 6.45) is 1.39. The highest BCUT2D eigenvalue weighted by Gasteiger charge is 2.22. The van der Waals surface area contributed by atoms with Crippen LogP contribution in [0.5, 0.6) is 0 Å². The molecule has 0 bridgehead atoms. The van der Waals surface area contributed by atoms with Crippen LogP contribution in [0, 0.1) is 18.9 Å². The van der Waals surface area contributed by atoms with Gasteiger partial charge in [0, 0.05) is 12.3 Å². The molecule has 0 aromatic heterocycles. The predicted molar refractivity (Wildman–Crippen MR) is 39.0 cm³/mol. The number of hydrogen-bond acceptors (Lipinski definition) is 0. The zero-order valence-corrected chi connectivity index (χ0v) is 6.48. The van der Waals surface area contributed by atoms with Crippen molar-refractivity contribution in [3.05, 3.63) is 7.05 Å².